The number of hydrogen-bond acceptors (Lipinski definition) is 8. The lowest BCUT2D eigenvalue weighted by Gasteiger charge is -2.12. The number of aromatic hydroxyl groups is 5. The van der Waals surface area contributed by atoms with Gasteiger partial charge in [0.2, 0.25) is 17.2 Å². The van der Waals surface area contributed by atoms with E-state index in [2.05, 4.69) is 4.74 Å². The first-order valence-corrected chi connectivity index (χ1v) is 4.39. The number of benzene rings is 1. The quantitative estimate of drug-likeness (QED) is 0.168. The van der Waals surface area contributed by atoms with Crippen LogP contribution in [0.4, 0.5) is 5.69 Å². The Morgan fingerprint density at radius 1 is 0.889 bits per heavy atom. The third-order valence-electron chi connectivity index (χ3n) is 1.98. The third kappa shape index (κ3) is 2.00. The van der Waals surface area contributed by atoms with Gasteiger partial charge < -0.3 is 35.6 Å². The van der Waals surface area contributed by atoms with Gasteiger partial charge in [-0.3, -0.25) is 4.79 Å². The molecule has 98 valence electrons. The molecule has 9 heteroatoms. The van der Waals surface area contributed by atoms with E-state index < -0.39 is 46.3 Å². The van der Waals surface area contributed by atoms with Gasteiger partial charge in [-0.1, -0.05) is 0 Å². The van der Waals surface area contributed by atoms with E-state index in [1.165, 1.54) is 0 Å². The van der Waals surface area contributed by atoms with Crippen LogP contribution in [0.3, 0.4) is 0 Å². The maximum atomic E-state index is 11.1. The SMILES string of the molecule is COC(=O)C(=O)Nc1c(O)c(O)c(O)c(O)c1O. The minimum absolute atomic E-state index is 0.849. The topological polar surface area (TPSA) is 157 Å². The van der Waals surface area contributed by atoms with Crippen LogP contribution >= 0.6 is 0 Å². The van der Waals surface area contributed by atoms with E-state index in [1.807, 2.05) is 0 Å². The number of esters is 1. The smallest absolute Gasteiger partial charge is 0.396 e. The Balaban J connectivity index is 3.26. The maximum Gasteiger partial charge on any atom is 0.396 e. The van der Waals surface area contributed by atoms with Crippen LogP contribution in [0.25, 0.3) is 0 Å². The molecular weight excluding hydrogens is 250 g/mol. The van der Waals surface area contributed by atoms with Gasteiger partial charge in [-0.05, 0) is 0 Å². The van der Waals surface area contributed by atoms with Crippen LogP contribution in [0.2, 0.25) is 0 Å². The molecule has 1 aromatic rings. The van der Waals surface area contributed by atoms with Crippen LogP contribution in [0.5, 0.6) is 28.7 Å². The first-order valence-electron chi connectivity index (χ1n) is 4.39. The molecule has 0 aromatic heterocycles. The second-order valence-corrected chi connectivity index (χ2v) is 3.06. The highest BCUT2D eigenvalue weighted by molar-refractivity contribution is 6.37. The number of methoxy groups -OCH3 is 1. The van der Waals surface area contributed by atoms with Crippen LogP contribution < -0.4 is 5.32 Å². The van der Waals surface area contributed by atoms with E-state index >= 15 is 0 Å². The predicted octanol–water partition coefficient (Wildman–Crippen LogP) is -0.674. The number of rotatable bonds is 1. The first-order chi connectivity index (χ1) is 8.31. The van der Waals surface area contributed by atoms with Gasteiger partial charge in [-0.2, -0.15) is 0 Å². The number of amides is 1. The fourth-order valence-electron chi connectivity index (χ4n) is 1.06. The lowest BCUT2D eigenvalue weighted by molar-refractivity contribution is -0.150. The van der Waals surface area contributed by atoms with Crippen LogP contribution in [0, 0.1) is 0 Å². The lowest BCUT2D eigenvalue weighted by atomic mass is 10.2. The molecule has 0 atom stereocenters. The summed E-state index contributed by atoms with van der Waals surface area (Å²) in [5.74, 6) is -8.48. The molecule has 0 saturated heterocycles. The summed E-state index contributed by atoms with van der Waals surface area (Å²) in [4.78, 5) is 21.9. The Morgan fingerprint density at radius 2 is 1.28 bits per heavy atom. The van der Waals surface area contributed by atoms with Crippen molar-refractivity contribution >= 4 is 17.6 Å². The average Bonchev–Trinajstić information content (AvgIpc) is 2.37. The van der Waals surface area contributed by atoms with Crippen molar-refractivity contribution in [1.82, 2.24) is 0 Å². The van der Waals surface area contributed by atoms with Crippen LogP contribution in [0.15, 0.2) is 0 Å². The van der Waals surface area contributed by atoms with Crippen molar-refractivity contribution in [2.75, 3.05) is 12.4 Å². The highest BCUT2D eigenvalue weighted by Crippen LogP contribution is 2.53. The Bertz CT molecular complexity index is 495. The third-order valence-corrected chi connectivity index (χ3v) is 1.98. The van der Waals surface area contributed by atoms with Crippen LogP contribution in [-0.4, -0.2) is 44.5 Å². The summed E-state index contributed by atoms with van der Waals surface area (Å²) in [6.07, 6.45) is 0. The summed E-state index contributed by atoms with van der Waals surface area (Å²) in [5.41, 5.74) is -0.849. The first kappa shape index (κ1) is 13.2. The summed E-state index contributed by atoms with van der Waals surface area (Å²) in [6.45, 7) is 0. The number of phenolic OH excluding ortho intramolecular Hbond substituents is 5. The molecule has 0 bridgehead atoms. The summed E-state index contributed by atoms with van der Waals surface area (Å²) in [5, 5.41) is 47.8. The molecule has 0 aliphatic rings. The van der Waals surface area contributed by atoms with Crippen molar-refractivity contribution in [2.45, 2.75) is 0 Å². The number of ether oxygens (including phenoxy) is 1. The van der Waals surface area contributed by atoms with Gasteiger partial charge in [-0.15, -0.1) is 0 Å². The molecule has 1 rings (SSSR count). The molecule has 0 fully saturated rings. The summed E-state index contributed by atoms with van der Waals surface area (Å²) >= 11 is 0. The Morgan fingerprint density at radius 3 is 1.67 bits per heavy atom. The molecule has 6 N–H and O–H groups in total. The zero-order valence-electron chi connectivity index (χ0n) is 8.96. The van der Waals surface area contributed by atoms with E-state index in [-0.39, 0.29) is 0 Å². The molecule has 0 unspecified atom stereocenters. The fraction of sp³-hybridized carbons (Fsp3) is 0.111. The van der Waals surface area contributed by atoms with E-state index in [0.29, 0.717) is 0 Å². The molecule has 0 radical (unpaired) electrons. The highest BCUT2D eigenvalue weighted by Gasteiger charge is 2.26. The molecule has 9 nitrogen and oxygen atoms in total. The zero-order chi connectivity index (χ0) is 14.0. The van der Waals surface area contributed by atoms with Crippen molar-refractivity contribution in [3.63, 3.8) is 0 Å². The summed E-state index contributed by atoms with van der Waals surface area (Å²) in [6, 6.07) is 0. The maximum absolute atomic E-state index is 11.1. The molecule has 18 heavy (non-hydrogen) atoms. The second kappa shape index (κ2) is 4.57. The van der Waals surface area contributed by atoms with E-state index in [4.69, 9.17) is 15.3 Å². The van der Waals surface area contributed by atoms with Gasteiger partial charge in [0.1, 0.15) is 5.69 Å². The van der Waals surface area contributed by atoms with E-state index in [0.717, 1.165) is 7.11 Å². The highest BCUT2D eigenvalue weighted by atomic mass is 16.5. The van der Waals surface area contributed by atoms with Crippen molar-refractivity contribution in [1.29, 1.82) is 0 Å². The number of phenols is 5. The molecule has 0 heterocycles. The van der Waals surface area contributed by atoms with Gasteiger partial charge in [0.05, 0.1) is 7.11 Å². The van der Waals surface area contributed by atoms with Gasteiger partial charge >= 0.3 is 11.9 Å². The van der Waals surface area contributed by atoms with Gasteiger partial charge in [0, 0.05) is 0 Å². The Hall–Kier alpha value is -2.84. The lowest BCUT2D eigenvalue weighted by Crippen LogP contribution is -2.23. The molecule has 1 aromatic carbocycles. The monoisotopic (exact) mass is 259 g/mol. The standard InChI is InChI=1S/C9H9NO8/c1-18-9(17)8(16)10-2-3(11)5(13)7(15)6(14)4(2)12/h11-15H,1H3,(H,10,16). The average molecular weight is 259 g/mol. The molecule has 0 aliphatic heterocycles. The van der Waals surface area contributed by atoms with Crippen LogP contribution in [-0.2, 0) is 14.3 Å². The zero-order valence-corrected chi connectivity index (χ0v) is 8.96. The Labute approximate surface area is 99.5 Å². The summed E-state index contributed by atoms with van der Waals surface area (Å²) < 4.78 is 4.06. The molecule has 1 amide bonds. The minimum Gasteiger partial charge on any atom is -0.503 e. The predicted molar refractivity (Wildman–Crippen MR) is 55.4 cm³/mol. The molecular formula is C9H9NO8. The number of hydrogen-bond donors (Lipinski definition) is 6. The summed E-state index contributed by atoms with van der Waals surface area (Å²) in [7, 11) is 0.924. The molecule has 0 spiro atoms. The van der Waals surface area contributed by atoms with Gasteiger partial charge in [0.15, 0.2) is 11.5 Å². The normalized spacial score (nSPS) is 9.83. The number of nitrogens with one attached hydrogen (secondary N) is 1. The van der Waals surface area contributed by atoms with E-state index in [1.54, 1.807) is 5.32 Å². The van der Waals surface area contributed by atoms with Gasteiger partial charge in [-0.25, -0.2) is 4.79 Å². The number of carbonyl (C=O) groups is 2. The fourth-order valence-corrected chi connectivity index (χ4v) is 1.06. The minimum atomic E-state index is -1.37. The van der Waals surface area contributed by atoms with Crippen LogP contribution in [0.1, 0.15) is 0 Å². The van der Waals surface area contributed by atoms with Crippen molar-refractivity contribution < 1.29 is 39.9 Å². The van der Waals surface area contributed by atoms with Gasteiger partial charge in [0.25, 0.3) is 0 Å². The van der Waals surface area contributed by atoms with Crippen molar-refractivity contribution in [3.8, 4) is 28.7 Å². The molecule has 0 saturated carbocycles. The molecule has 0 aliphatic carbocycles. The van der Waals surface area contributed by atoms with Crippen molar-refractivity contribution in [3.05, 3.63) is 0 Å². The number of carbonyl (C=O) groups excluding carboxylic acids is 2. The largest absolute Gasteiger partial charge is 0.503 e. The van der Waals surface area contributed by atoms with E-state index in [9.17, 15) is 19.8 Å². The second-order valence-electron chi connectivity index (χ2n) is 3.06. The van der Waals surface area contributed by atoms with Crippen molar-refractivity contribution in [2.24, 2.45) is 0 Å². The Kier molecular flexibility index (Phi) is 3.36. The number of anilines is 1.